The maximum absolute atomic E-state index is 8.48. The van der Waals surface area contributed by atoms with Crippen LogP contribution >= 0.6 is 0 Å². The SMILES string of the molecule is CCNc1ccc(CN(C)CCC#N)cn1. The fourth-order valence-corrected chi connectivity index (χ4v) is 1.44. The van der Waals surface area contributed by atoms with Crippen molar-refractivity contribution >= 4 is 5.82 Å². The lowest BCUT2D eigenvalue weighted by Gasteiger charge is -2.14. The summed E-state index contributed by atoms with van der Waals surface area (Å²) >= 11 is 0. The van der Waals surface area contributed by atoms with Crippen LogP contribution in [-0.4, -0.2) is 30.0 Å². The summed E-state index contributed by atoms with van der Waals surface area (Å²) < 4.78 is 0. The van der Waals surface area contributed by atoms with E-state index in [0.717, 1.165) is 25.5 Å². The van der Waals surface area contributed by atoms with Crippen molar-refractivity contribution in [2.45, 2.75) is 19.9 Å². The first-order valence-electron chi connectivity index (χ1n) is 5.50. The van der Waals surface area contributed by atoms with Crippen LogP contribution in [0.3, 0.4) is 0 Å². The number of anilines is 1. The Kier molecular flexibility index (Phi) is 5.30. The number of nitrogens with zero attached hydrogens (tertiary/aromatic N) is 3. The molecule has 0 unspecified atom stereocenters. The molecular weight excluding hydrogens is 200 g/mol. The van der Waals surface area contributed by atoms with E-state index in [2.05, 4.69) is 27.3 Å². The number of hydrogen-bond donors (Lipinski definition) is 1. The van der Waals surface area contributed by atoms with Gasteiger partial charge in [0.25, 0.3) is 0 Å². The summed E-state index contributed by atoms with van der Waals surface area (Å²) in [6.45, 7) is 4.56. The highest BCUT2D eigenvalue weighted by Gasteiger charge is 2.00. The molecule has 0 aliphatic rings. The smallest absolute Gasteiger partial charge is 0.125 e. The Morgan fingerprint density at radius 1 is 1.50 bits per heavy atom. The Bertz CT molecular complexity index is 339. The van der Waals surface area contributed by atoms with Crippen LogP contribution in [0.1, 0.15) is 18.9 Å². The molecule has 1 aromatic rings. The van der Waals surface area contributed by atoms with Crippen molar-refractivity contribution in [1.82, 2.24) is 9.88 Å². The molecule has 0 fully saturated rings. The molecule has 1 rings (SSSR count). The molecule has 0 atom stereocenters. The number of nitrogens with one attached hydrogen (secondary N) is 1. The molecule has 1 heterocycles. The molecule has 0 aliphatic heterocycles. The number of aromatic nitrogens is 1. The molecule has 4 heteroatoms. The number of rotatable bonds is 6. The molecule has 0 radical (unpaired) electrons. The highest BCUT2D eigenvalue weighted by atomic mass is 15.1. The van der Waals surface area contributed by atoms with Crippen LogP contribution in [0.5, 0.6) is 0 Å². The van der Waals surface area contributed by atoms with Gasteiger partial charge in [0.2, 0.25) is 0 Å². The first kappa shape index (κ1) is 12.5. The van der Waals surface area contributed by atoms with Crippen LogP contribution in [0, 0.1) is 11.3 Å². The average Bonchev–Trinajstić information content (AvgIpc) is 2.29. The average molecular weight is 218 g/mol. The third kappa shape index (κ3) is 4.28. The van der Waals surface area contributed by atoms with E-state index >= 15 is 0 Å². The van der Waals surface area contributed by atoms with E-state index in [0.29, 0.717) is 6.42 Å². The third-order valence-corrected chi connectivity index (χ3v) is 2.24. The largest absolute Gasteiger partial charge is 0.370 e. The minimum atomic E-state index is 0.569. The molecule has 0 amide bonds. The van der Waals surface area contributed by atoms with Crippen molar-refractivity contribution in [2.24, 2.45) is 0 Å². The highest BCUT2D eigenvalue weighted by Crippen LogP contribution is 2.06. The second-order valence-corrected chi connectivity index (χ2v) is 3.73. The van der Waals surface area contributed by atoms with Crippen LogP contribution in [0.2, 0.25) is 0 Å². The summed E-state index contributed by atoms with van der Waals surface area (Å²) in [4.78, 5) is 6.42. The van der Waals surface area contributed by atoms with E-state index in [-0.39, 0.29) is 0 Å². The lowest BCUT2D eigenvalue weighted by atomic mass is 10.2. The van der Waals surface area contributed by atoms with E-state index in [9.17, 15) is 0 Å². The lowest BCUT2D eigenvalue weighted by molar-refractivity contribution is 0.334. The summed E-state index contributed by atoms with van der Waals surface area (Å²) in [5.74, 6) is 0.908. The van der Waals surface area contributed by atoms with Crippen LogP contribution < -0.4 is 5.32 Å². The molecule has 0 saturated carbocycles. The van der Waals surface area contributed by atoms with E-state index in [1.807, 2.05) is 26.2 Å². The van der Waals surface area contributed by atoms with Gasteiger partial charge in [0, 0.05) is 32.3 Å². The number of hydrogen-bond acceptors (Lipinski definition) is 4. The van der Waals surface area contributed by atoms with E-state index in [1.165, 1.54) is 5.56 Å². The predicted octanol–water partition coefficient (Wildman–Crippen LogP) is 1.86. The van der Waals surface area contributed by atoms with Gasteiger partial charge in [0.1, 0.15) is 5.82 Å². The molecule has 1 aromatic heterocycles. The second-order valence-electron chi connectivity index (χ2n) is 3.73. The van der Waals surface area contributed by atoms with Gasteiger partial charge in [-0.3, -0.25) is 0 Å². The van der Waals surface area contributed by atoms with Gasteiger partial charge in [-0.15, -0.1) is 0 Å². The summed E-state index contributed by atoms with van der Waals surface area (Å²) in [7, 11) is 2.01. The van der Waals surface area contributed by atoms with Crippen molar-refractivity contribution in [3.8, 4) is 6.07 Å². The van der Waals surface area contributed by atoms with E-state index in [1.54, 1.807) is 0 Å². The molecule has 4 nitrogen and oxygen atoms in total. The standard InChI is InChI=1S/C12H18N4/c1-3-14-12-6-5-11(9-15-12)10-16(2)8-4-7-13/h5-6,9H,3-4,8,10H2,1-2H3,(H,14,15). The summed E-state index contributed by atoms with van der Waals surface area (Å²) in [5.41, 5.74) is 1.17. The molecule has 1 N–H and O–H groups in total. The van der Waals surface area contributed by atoms with Crippen molar-refractivity contribution < 1.29 is 0 Å². The topological polar surface area (TPSA) is 52.0 Å². The normalized spacial score (nSPS) is 10.1. The molecular formula is C12H18N4. The fourth-order valence-electron chi connectivity index (χ4n) is 1.44. The number of nitriles is 1. The maximum atomic E-state index is 8.48. The molecule has 86 valence electrons. The molecule has 0 bridgehead atoms. The minimum Gasteiger partial charge on any atom is -0.370 e. The van der Waals surface area contributed by atoms with Gasteiger partial charge in [0.15, 0.2) is 0 Å². The van der Waals surface area contributed by atoms with Crippen molar-refractivity contribution in [3.63, 3.8) is 0 Å². The maximum Gasteiger partial charge on any atom is 0.125 e. The quantitative estimate of drug-likeness (QED) is 0.791. The van der Waals surface area contributed by atoms with Gasteiger partial charge in [-0.25, -0.2) is 4.98 Å². The Morgan fingerprint density at radius 2 is 2.31 bits per heavy atom. The van der Waals surface area contributed by atoms with Gasteiger partial charge in [-0.05, 0) is 25.6 Å². The van der Waals surface area contributed by atoms with Crippen LogP contribution in [0.4, 0.5) is 5.82 Å². The van der Waals surface area contributed by atoms with E-state index in [4.69, 9.17) is 5.26 Å². The first-order valence-corrected chi connectivity index (χ1v) is 5.50. The van der Waals surface area contributed by atoms with Crippen molar-refractivity contribution in [1.29, 1.82) is 5.26 Å². The second kappa shape index (κ2) is 6.81. The molecule has 0 aliphatic carbocycles. The van der Waals surface area contributed by atoms with Crippen molar-refractivity contribution in [2.75, 3.05) is 25.5 Å². The predicted molar refractivity (Wildman–Crippen MR) is 65.0 cm³/mol. The zero-order valence-corrected chi connectivity index (χ0v) is 9.90. The summed E-state index contributed by atoms with van der Waals surface area (Å²) in [6, 6.07) is 6.19. The Hall–Kier alpha value is -1.60. The van der Waals surface area contributed by atoms with Crippen LogP contribution in [-0.2, 0) is 6.54 Å². The summed E-state index contributed by atoms with van der Waals surface area (Å²) in [5, 5.41) is 11.6. The van der Waals surface area contributed by atoms with Gasteiger partial charge in [0.05, 0.1) is 6.07 Å². The zero-order valence-electron chi connectivity index (χ0n) is 9.90. The molecule has 0 spiro atoms. The van der Waals surface area contributed by atoms with Gasteiger partial charge >= 0.3 is 0 Å². The Morgan fingerprint density at radius 3 is 2.88 bits per heavy atom. The lowest BCUT2D eigenvalue weighted by Crippen LogP contribution is -2.18. The number of pyridine rings is 1. The summed E-state index contributed by atoms with van der Waals surface area (Å²) in [6.07, 6.45) is 2.44. The highest BCUT2D eigenvalue weighted by molar-refractivity contribution is 5.35. The third-order valence-electron chi connectivity index (χ3n) is 2.24. The minimum absolute atomic E-state index is 0.569. The van der Waals surface area contributed by atoms with Gasteiger partial charge in [-0.1, -0.05) is 6.07 Å². The van der Waals surface area contributed by atoms with Gasteiger partial charge < -0.3 is 10.2 Å². The van der Waals surface area contributed by atoms with Crippen LogP contribution in [0.25, 0.3) is 0 Å². The fraction of sp³-hybridized carbons (Fsp3) is 0.500. The molecule has 16 heavy (non-hydrogen) atoms. The monoisotopic (exact) mass is 218 g/mol. The van der Waals surface area contributed by atoms with Crippen molar-refractivity contribution in [3.05, 3.63) is 23.9 Å². The first-order chi connectivity index (χ1) is 7.76. The Balaban J connectivity index is 2.45. The van der Waals surface area contributed by atoms with E-state index < -0.39 is 0 Å². The molecule has 0 saturated heterocycles. The Labute approximate surface area is 96.9 Å². The van der Waals surface area contributed by atoms with Crippen LogP contribution in [0.15, 0.2) is 18.3 Å². The zero-order chi connectivity index (χ0) is 11.8. The van der Waals surface area contributed by atoms with Gasteiger partial charge in [-0.2, -0.15) is 5.26 Å². The molecule has 0 aromatic carbocycles.